The van der Waals surface area contributed by atoms with Crippen LogP contribution in [0, 0.1) is 6.92 Å². The highest BCUT2D eigenvalue weighted by molar-refractivity contribution is 6.07. The molecule has 0 aromatic heterocycles. The predicted octanol–water partition coefficient (Wildman–Crippen LogP) is 1.69. The second-order valence-electron chi connectivity index (χ2n) is 3.19. The number of ketones is 1. The van der Waals surface area contributed by atoms with E-state index in [1.807, 2.05) is 6.92 Å². The molecule has 0 saturated heterocycles. The molecule has 1 aromatic carbocycles. The highest BCUT2D eigenvalue weighted by atomic mass is 16.1. The van der Waals surface area contributed by atoms with Crippen molar-refractivity contribution in [3.63, 3.8) is 0 Å². The number of carbonyl (C=O) groups excluding carboxylic acids is 2. The third-order valence-corrected chi connectivity index (χ3v) is 2.06. The lowest BCUT2D eigenvalue weighted by molar-refractivity contribution is 0.0960. The summed E-state index contributed by atoms with van der Waals surface area (Å²) in [5.41, 5.74) is 6.86. The average Bonchev–Trinajstić information content (AvgIpc) is 2.16. The molecule has 3 heteroatoms. The van der Waals surface area contributed by atoms with Crippen molar-refractivity contribution >= 4 is 11.7 Å². The molecule has 74 valence electrons. The Bertz CT molecular complexity index is 383. The molecule has 0 atom stereocenters. The van der Waals surface area contributed by atoms with Gasteiger partial charge in [0.25, 0.3) is 0 Å². The van der Waals surface area contributed by atoms with Crippen molar-refractivity contribution in [3.8, 4) is 0 Å². The third kappa shape index (κ3) is 1.99. The summed E-state index contributed by atoms with van der Waals surface area (Å²) in [7, 11) is 0. The fourth-order valence-corrected chi connectivity index (χ4v) is 1.29. The maximum absolute atomic E-state index is 11.5. The smallest absolute Gasteiger partial charge is 0.249 e. The summed E-state index contributed by atoms with van der Waals surface area (Å²) in [4.78, 5) is 22.5. The SMILES string of the molecule is CCC(=O)c1cc(C)ccc1C(N)=O. The molecule has 14 heavy (non-hydrogen) atoms. The number of benzene rings is 1. The van der Waals surface area contributed by atoms with Crippen LogP contribution in [0.3, 0.4) is 0 Å². The molecule has 0 saturated carbocycles. The Hall–Kier alpha value is -1.64. The van der Waals surface area contributed by atoms with Crippen LogP contribution < -0.4 is 5.73 Å². The Morgan fingerprint density at radius 1 is 1.29 bits per heavy atom. The summed E-state index contributed by atoms with van der Waals surface area (Å²) in [5, 5.41) is 0. The van der Waals surface area contributed by atoms with E-state index in [-0.39, 0.29) is 5.78 Å². The number of hydrogen-bond donors (Lipinski definition) is 1. The first-order valence-corrected chi connectivity index (χ1v) is 4.50. The predicted molar refractivity (Wildman–Crippen MR) is 54.3 cm³/mol. The van der Waals surface area contributed by atoms with Crippen molar-refractivity contribution in [3.05, 3.63) is 34.9 Å². The maximum atomic E-state index is 11.5. The van der Waals surface area contributed by atoms with Crippen LogP contribution in [0.25, 0.3) is 0 Å². The number of Topliss-reactive ketones (excluding diaryl/α,β-unsaturated/α-hetero) is 1. The van der Waals surface area contributed by atoms with E-state index in [2.05, 4.69) is 0 Å². The van der Waals surface area contributed by atoms with Crippen LogP contribution >= 0.6 is 0 Å². The normalized spacial score (nSPS) is 9.86. The minimum absolute atomic E-state index is 0.0532. The van der Waals surface area contributed by atoms with Gasteiger partial charge in [-0.1, -0.05) is 18.6 Å². The Morgan fingerprint density at radius 3 is 2.43 bits per heavy atom. The van der Waals surface area contributed by atoms with E-state index in [1.54, 1.807) is 25.1 Å². The van der Waals surface area contributed by atoms with E-state index < -0.39 is 5.91 Å². The van der Waals surface area contributed by atoms with Gasteiger partial charge in [0.15, 0.2) is 5.78 Å². The van der Waals surface area contributed by atoms with Crippen molar-refractivity contribution in [1.82, 2.24) is 0 Å². The van der Waals surface area contributed by atoms with Gasteiger partial charge in [-0.05, 0) is 19.1 Å². The van der Waals surface area contributed by atoms with E-state index in [1.165, 1.54) is 0 Å². The number of rotatable bonds is 3. The van der Waals surface area contributed by atoms with Gasteiger partial charge in [0.05, 0.1) is 0 Å². The Morgan fingerprint density at radius 2 is 1.93 bits per heavy atom. The molecule has 0 aliphatic rings. The van der Waals surface area contributed by atoms with Gasteiger partial charge in [-0.25, -0.2) is 0 Å². The van der Waals surface area contributed by atoms with E-state index >= 15 is 0 Å². The summed E-state index contributed by atoms with van der Waals surface area (Å²) < 4.78 is 0. The Labute approximate surface area is 82.9 Å². The molecule has 0 unspecified atom stereocenters. The molecule has 0 heterocycles. The van der Waals surface area contributed by atoms with Crippen molar-refractivity contribution < 1.29 is 9.59 Å². The highest BCUT2D eigenvalue weighted by Crippen LogP contribution is 2.13. The van der Waals surface area contributed by atoms with Crippen molar-refractivity contribution in [1.29, 1.82) is 0 Å². The number of carbonyl (C=O) groups is 2. The van der Waals surface area contributed by atoms with Gasteiger partial charge in [-0.2, -0.15) is 0 Å². The summed E-state index contributed by atoms with van der Waals surface area (Å²) in [6, 6.07) is 5.07. The lowest BCUT2D eigenvalue weighted by Gasteiger charge is -2.05. The molecule has 0 bridgehead atoms. The quantitative estimate of drug-likeness (QED) is 0.739. The van der Waals surface area contributed by atoms with E-state index in [9.17, 15) is 9.59 Å². The standard InChI is InChI=1S/C11H13NO2/c1-3-10(13)9-6-7(2)4-5-8(9)11(12)14/h4-6H,3H2,1-2H3,(H2,12,14). The van der Waals surface area contributed by atoms with Gasteiger partial charge in [0, 0.05) is 17.5 Å². The van der Waals surface area contributed by atoms with Gasteiger partial charge >= 0.3 is 0 Å². The van der Waals surface area contributed by atoms with Gasteiger partial charge < -0.3 is 5.73 Å². The van der Waals surface area contributed by atoms with E-state index in [4.69, 9.17) is 5.73 Å². The molecule has 1 amide bonds. The first kappa shape index (κ1) is 10.4. The molecular weight excluding hydrogens is 178 g/mol. The summed E-state index contributed by atoms with van der Waals surface area (Å²) >= 11 is 0. The zero-order valence-corrected chi connectivity index (χ0v) is 8.33. The largest absolute Gasteiger partial charge is 0.366 e. The fourth-order valence-electron chi connectivity index (χ4n) is 1.29. The lowest BCUT2D eigenvalue weighted by Crippen LogP contribution is -2.16. The second kappa shape index (κ2) is 4.05. The number of primary amides is 1. The van der Waals surface area contributed by atoms with Gasteiger partial charge in [0.1, 0.15) is 0 Å². The molecule has 0 spiro atoms. The minimum atomic E-state index is -0.554. The Kier molecular flexibility index (Phi) is 3.02. The van der Waals surface area contributed by atoms with Crippen LogP contribution in [-0.4, -0.2) is 11.7 Å². The molecule has 3 nitrogen and oxygen atoms in total. The number of amides is 1. The van der Waals surface area contributed by atoms with Crippen LogP contribution in [0.2, 0.25) is 0 Å². The van der Waals surface area contributed by atoms with Crippen LogP contribution in [0.5, 0.6) is 0 Å². The van der Waals surface area contributed by atoms with E-state index in [0.29, 0.717) is 17.5 Å². The van der Waals surface area contributed by atoms with Crippen LogP contribution in [0.4, 0.5) is 0 Å². The van der Waals surface area contributed by atoms with Gasteiger partial charge in [-0.15, -0.1) is 0 Å². The topological polar surface area (TPSA) is 60.2 Å². The Balaban J connectivity index is 3.29. The number of aryl methyl sites for hydroxylation is 1. The fraction of sp³-hybridized carbons (Fsp3) is 0.273. The zero-order valence-electron chi connectivity index (χ0n) is 8.33. The van der Waals surface area contributed by atoms with Crippen molar-refractivity contribution in [2.45, 2.75) is 20.3 Å². The highest BCUT2D eigenvalue weighted by Gasteiger charge is 2.13. The van der Waals surface area contributed by atoms with E-state index in [0.717, 1.165) is 5.56 Å². The molecule has 0 aliphatic heterocycles. The van der Waals surface area contributed by atoms with Crippen LogP contribution in [0.15, 0.2) is 18.2 Å². The number of hydrogen-bond acceptors (Lipinski definition) is 2. The maximum Gasteiger partial charge on any atom is 0.249 e. The molecule has 1 rings (SSSR count). The van der Waals surface area contributed by atoms with Crippen molar-refractivity contribution in [2.75, 3.05) is 0 Å². The third-order valence-electron chi connectivity index (χ3n) is 2.06. The second-order valence-corrected chi connectivity index (χ2v) is 3.19. The first-order valence-electron chi connectivity index (χ1n) is 4.50. The van der Waals surface area contributed by atoms with Gasteiger partial charge in [0.2, 0.25) is 5.91 Å². The minimum Gasteiger partial charge on any atom is -0.366 e. The first-order chi connectivity index (χ1) is 6.56. The summed E-state index contributed by atoms with van der Waals surface area (Å²) in [6.45, 7) is 3.63. The molecule has 0 fully saturated rings. The van der Waals surface area contributed by atoms with Crippen molar-refractivity contribution in [2.24, 2.45) is 5.73 Å². The zero-order chi connectivity index (χ0) is 10.7. The average molecular weight is 191 g/mol. The van der Waals surface area contributed by atoms with Crippen LogP contribution in [-0.2, 0) is 0 Å². The molecule has 2 N–H and O–H groups in total. The lowest BCUT2D eigenvalue weighted by atomic mass is 9.99. The number of nitrogens with two attached hydrogens (primary N) is 1. The monoisotopic (exact) mass is 191 g/mol. The molecule has 1 aromatic rings. The van der Waals surface area contributed by atoms with Crippen LogP contribution in [0.1, 0.15) is 39.6 Å². The molecule has 0 aliphatic carbocycles. The summed E-state index contributed by atoms with van der Waals surface area (Å²) in [5.74, 6) is -0.607. The molecular formula is C11H13NO2. The van der Waals surface area contributed by atoms with Gasteiger partial charge in [-0.3, -0.25) is 9.59 Å². The summed E-state index contributed by atoms with van der Waals surface area (Å²) in [6.07, 6.45) is 0.379. The molecule has 0 radical (unpaired) electrons.